The number of nitrogens with one attached hydrogen (secondary N) is 1. The van der Waals surface area contributed by atoms with Crippen LogP contribution in [-0.2, 0) is 4.79 Å². The Morgan fingerprint density at radius 1 is 1.45 bits per heavy atom. The van der Waals surface area contributed by atoms with Crippen LogP contribution in [0, 0.1) is 0 Å². The van der Waals surface area contributed by atoms with Crippen molar-refractivity contribution in [2.24, 2.45) is 4.99 Å². The lowest BCUT2D eigenvalue weighted by Gasteiger charge is -2.39. The van der Waals surface area contributed by atoms with Gasteiger partial charge in [0.1, 0.15) is 0 Å². The normalized spacial score (nSPS) is 18.9. The minimum absolute atomic E-state index is 0.124. The van der Waals surface area contributed by atoms with Crippen LogP contribution >= 0.6 is 11.8 Å². The molecular weight excluding hydrogens is 272 g/mol. The van der Waals surface area contributed by atoms with E-state index in [0.29, 0.717) is 13.0 Å². The van der Waals surface area contributed by atoms with E-state index in [9.17, 15) is 4.79 Å². The highest BCUT2D eigenvalue weighted by Crippen LogP contribution is 2.29. The summed E-state index contributed by atoms with van der Waals surface area (Å²) in [5.41, 5.74) is 0. The third-order valence-corrected chi connectivity index (χ3v) is 4.44. The van der Waals surface area contributed by atoms with Crippen LogP contribution in [0.15, 0.2) is 4.99 Å². The molecule has 0 aromatic carbocycles. The molecular formula is C14H28N4OS. The van der Waals surface area contributed by atoms with Crippen molar-refractivity contribution in [1.29, 1.82) is 0 Å². The summed E-state index contributed by atoms with van der Waals surface area (Å²) in [6.45, 7) is 10.0. The van der Waals surface area contributed by atoms with Gasteiger partial charge >= 0.3 is 0 Å². The van der Waals surface area contributed by atoms with Crippen LogP contribution in [0.5, 0.6) is 0 Å². The van der Waals surface area contributed by atoms with E-state index in [0.717, 1.165) is 31.3 Å². The van der Waals surface area contributed by atoms with Gasteiger partial charge in [-0.3, -0.25) is 9.79 Å². The maximum atomic E-state index is 11.6. The molecule has 0 aromatic heterocycles. The van der Waals surface area contributed by atoms with Crippen LogP contribution in [0.4, 0.5) is 0 Å². The molecule has 0 aliphatic carbocycles. The van der Waals surface area contributed by atoms with Crippen LogP contribution < -0.4 is 5.32 Å². The molecule has 1 saturated heterocycles. The Kier molecular flexibility index (Phi) is 6.65. The maximum absolute atomic E-state index is 11.6. The van der Waals surface area contributed by atoms with E-state index < -0.39 is 0 Å². The number of hydrogen-bond donors (Lipinski definition) is 1. The predicted octanol–water partition coefficient (Wildman–Crippen LogP) is 1.26. The molecule has 1 N–H and O–H groups in total. The first-order valence-corrected chi connectivity index (χ1v) is 8.21. The third-order valence-electron chi connectivity index (χ3n) is 3.15. The van der Waals surface area contributed by atoms with Crippen LogP contribution in [0.1, 0.15) is 27.2 Å². The summed E-state index contributed by atoms with van der Waals surface area (Å²) in [6, 6.07) is 0. The molecule has 0 unspecified atom stereocenters. The van der Waals surface area contributed by atoms with E-state index in [4.69, 9.17) is 0 Å². The van der Waals surface area contributed by atoms with E-state index in [1.807, 2.05) is 11.8 Å². The van der Waals surface area contributed by atoms with Crippen molar-refractivity contribution in [3.05, 3.63) is 0 Å². The molecule has 1 amide bonds. The monoisotopic (exact) mass is 300 g/mol. The number of rotatable bonds is 4. The summed E-state index contributed by atoms with van der Waals surface area (Å²) >= 11 is 2.01. The lowest BCUT2D eigenvalue weighted by atomic mass is 10.2. The Labute approximate surface area is 127 Å². The fourth-order valence-electron chi connectivity index (χ4n) is 2.10. The molecule has 5 nitrogen and oxygen atoms in total. The van der Waals surface area contributed by atoms with Gasteiger partial charge in [0.2, 0.25) is 5.91 Å². The molecule has 0 radical (unpaired) electrons. The molecule has 1 fully saturated rings. The number of aliphatic imine (C=N–C) groups is 1. The van der Waals surface area contributed by atoms with Gasteiger partial charge < -0.3 is 15.1 Å². The SMILES string of the molecule is CCNC(=NCCC(=O)N(C)C)N1CCSC(C)(C)C1. The zero-order valence-corrected chi connectivity index (χ0v) is 14.2. The molecule has 116 valence electrons. The minimum atomic E-state index is 0.124. The second-order valence-corrected chi connectivity index (χ2v) is 7.61. The molecule has 0 atom stereocenters. The zero-order chi connectivity index (χ0) is 15.2. The van der Waals surface area contributed by atoms with Gasteiger partial charge in [-0.2, -0.15) is 11.8 Å². The van der Waals surface area contributed by atoms with E-state index in [-0.39, 0.29) is 10.7 Å². The van der Waals surface area contributed by atoms with Crippen molar-refractivity contribution in [2.75, 3.05) is 46.0 Å². The molecule has 0 saturated carbocycles. The molecule has 0 bridgehead atoms. The average Bonchev–Trinajstić information content (AvgIpc) is 2.36. The number of amides is 1. The second kappa shape index (κ2) is 7.76. The van der Waals surface area contributed by atoms with E-state index in [1.54, 1.807) is 19.0 Å². The number of carbonyl (C=O) groups excluding carboxylic acids is 1. The smallest absolute Gasteiger partial charge is 0.223 e. The molecule has 6 heteroatoms. The topological polar surface area (TPSA) is 47.9 Å². The Hall–Kier alpha value is -0.910. The third kappa shape index (κ3) is 5.61. The highest BCUT2D eigenvalue weighted by molar-refractivity contribution is 8.00. The van der Waals surface area contributed by atoms with Crippen LogP contribution in [0.2, 0.25) is 0 Å². The van der Waals surface area contributed by atoms with Gasteiger partial charge in [0.15, 0.2) is 5.96 Å². The fraction of sp³-hybridized carbons (Fsp3) is 0.857. The Balaban J connectivity index is 2.60. The number of carbonyl (C=O) groups is 1. The first-order valence-electron chi connectivity index (χ1n) is 7.23. The van der Waals surface area contributed by atoms with E-state index in [1.165, 1.54) is 0 Å². The van der Waals surface area contributed by atoms with Gasteiger partial charge in [0.05, 0.1) is 6.54 Å². The fourth-order valence-corrected chi connectivity index (χ4v) is 3.22. The van der Waals surface area contributed by atoms with Crippen LogP contribution in [0.3, 0.4) is 0 Å². The summed E-state index contributed by atoms with van der Waals surface area (Å²) in [6.07, 6.45) is 0.466. The largest absolute Gasteiger partial charge is 0.357 e. The van der Waals surface area contributed by atoms with Crippen molar-refractivity contribution in [3.8, 4) is 0 Å². The lowest BCUT2D eigenvalue weighted by molar-refractivity contribution is -0.128. The quantitative estimate of drug-likeness (QED) is 0.627. The summed E-state index contributed by atoms with van der Waals surface area (Å²) in [4.78, 5) is 20.1. The maximum Gasteiger partial charge on any atom is 0.223 e. The van der Waals surface area contributed by atoms with Crippen molar-refractivity contribution in [3.63, 3.8) is 0 Å². The number of nitrogens with zero attached hydrogens (tertiary/aromatic N) is 3. The molecule has 1 heterocycles. The first-order chi connectivity index (χ1) is 9.35. The lowest BCUT2D eigenvalue weighted by Crippen LogP contribution is -2.51. The summed E-state index contributed by atoms with van der Waals surface area (Å²) < 4.78 is 0.258. The molecule has 1 rings (SSSR count). The standard InChI is InChI=1S/C14H28N4OS/c1-6-15-13(16-8-7-12(19)17(4)5)18-9-10-20-14(2,3)11-18/h6-11H2,1-5H3,(H,15,16). The highest BCUT2D eigenvalue weighted by Gasteiger charge is 2.28. The molecule has 0 spiro atoms. The van der Waals surface area contributed by atoms with Crippen LogP contribution in [0.25, 0.3) is 0 Å². The van der Waals surface area contributed by atoms with Crippen molar-refractivity contribution in [1.82, 2.24) is 15.1 Å². The molecule has 1 aliphatic rings. The van der Waals surface area contributed by atoms with Crippen molar-refractivity contribution in [2.45, 2.75) is 31.9 Å². The predicted molar refractivity (Wildman–Crippen MR) is 87.4 cm³/mol. The van der Waals surface area contributed by atoms with E-state index >= 15 is 0 Å². The van der Waals surface area contributed by atoms with E-state index in [2.05, 4.69) is 36.0 Å². The second-order valence-electron chi connectivity index (χ2n) is 5.80. The van der Waals surface area contributed by atoms with Gasteiger partial charge in [-0.25, -0.2) is 0 Å². The molecule has 0 aromatic rings. The minimum Gasteiger partial charge on any atom is -0.357 e. The summed E-state index contributed by atoms with van der Waals surface area (Å²) in [7, 11) is 3.56. The van der Waals surface area contributed by atoms with Gasteiger partial charge in [0, 0.05) is 50.7 Å². The first kappa shape index (κ1) is 17.1. The zero-order valence-electron chi connectivity index (χ0n) is 13.4. The molecule has 20 heavy (non-hydrogen) atoms. The average molecular weight is 300 g/mol. The van der Waals surface area contributed by atoms with Gasteiger partial charge in [-0.15, -0.1) is 0 Å². The van der Waals surface area contributed by atoms with Gasteiger partial charge in [0.25, 0.3) is 0 Å². The summed E-state index contributed by atoms with van der Waals surface area (Å²) in [5, 5.41) is 3.33. The number of guanidine groups is 1. The highest BCUT2D eigenvalue weighted by atomic mass is 32.2. The van der Waals surface area contributed by atoms with Crippen LogP contribution in [-0.4, -0.2) is 72.4 Å². The molecule has 1 aliphatic heterocycles. The van der Waals surface area contributed by atoms with Gasteiger partial charge in [-0.1, -0.05) is 0 Å². The number of thioether (sulfide) groups is 1. The Bertz CT molecular complexity index is 355. The van der Waals surface area contributed by atoms with Gasteiger partial charge in [-0.05, 0) is 20.8 Å². The Morgan fingerprint density at radius 3 is 2.70 bits per heavy atom. The number of hydrogen-bond acceptors (Lipinski definition) is 3. The van der Waals surface area contributed by atoms with Crippen molar-refractivity contribution < 1.29 is 4.79 Å². The summed E-state index contributed by atoms with van der Waals surface area (Å²) in [5.74, 6) is 2.18. The Morgan fingerprint density at radius 2 is 2.15 bits per heavy atom. The van der Waals surface area contributed by atoms with Crippen molar-refractivity contribution >= 4 is 23.6 Å².